The Morgan fingerprint density at radius 3 is 2.87 bits per heavy atom. The standard InChI is InChI=1S/C10H9BrFN3/c1-2-9-13-10(15-14-9)6-3-4-7(11)8(12)5-6/h3-5H,2H2,1H3,(H,13,14,15). The van der Waals surface area contributed by atoms with Crippen LogP contribution in [0.4, 0.5) is 4.39 Å². The lowest BCUT2D eigenvalue weighted by Crippen LogP contribution is -1.84. The third kappa shape index (κ3) is 2.07. The number of aromatic amines is 1. The molecule has 15 heavy (non-hydrogen) atoms. The minimum Gasteiger partial charge on any atom is -0.263 e. The van der Waals surface area contributed by atoms with Gasteiger partial charge in [-0.25, -0.2) is 9.37 Å². The van der Waals surface area contributed by atoms with Gasteiger partial charge in [-0.15, -0.1) is 0 Å². The Labute approximate surface area is 94.9 Å². The Balaban J connectivity index is 2.40. The summed E-state index contributed by atoms with van der Waals surface area (Å²) >= 11 is 3.10. The summed E-state index contributed by atoms with van der Waals surface area (Å²) in [6, 6.07) is 4.83. The predicted octanol–water partition coefficient (Wildman–Crippen LogP) is 2.94. The minimum absolute atomic E-state index is 0.310. The number of hydrogen-bond donors (Lipinski definition) is 1. The summed E-state index contributed by atoms with van der Waals surface area (Å²) in [6.07, 6.45) is 0.784. The van der Waals surface area contributed by atoms with Crippen LogP contribution in [-0.4, -0.2) is 15.2 Å². The van der Waals surface area contributed by atoms with Crippen molar-refractivity contribution in [2.24, 2.45) is 0 Å². The molecule has 2 aromatic rings. The van der Waals surface area contributed by atoms with E-state index in [4.69, 9.17) is 0 Å². The number of nitrogens with one attached hydrogen (secondary N) is 1. The van der Waals surface area contributed by atoms with Crippen molar-refractivity contribution in [2.75, 3.05) is 0 Å². The van der Waals surface area contributed by atoms with Gasteiger partial charge in [-0.1, -0.05) is 6.92 Å². The molecule has 78 valence electrons. The van der Waals surface area contributed by atoms with Crippen molar-refractivity contribution in [2.45, 2.75) is 13.3 Å². The van der Waals surface area contributed by atoms with Crippen LogP contribution in [0.25, 0.3) is 11.4 Å². The van der Waals surface area contributed by atoms with Crippen LogP contribution in [0.1, 0.15) is 12.7 Å². The van der Waals surface area contributed by atoms with Crippen molar-refractivity contribution in [3.63, 3.8) is 0 Å². The summed E-state index contributed by atoms with van der Waals surface area (Å²) in [5, 5.41) is 6.80. The summed E-state index contributed by atoms with van der Waals surface area (Å²) in [5.74, 6) is 1.02. The quantitative estimate of drug-likeness (QED) is 0.911. The van der Waals surface area contributed by atoms with E-state index in [1.807, 2.05) is 6.92 Å². The molecule has 0 saturated carbocycles. The number of aryl methyl sites for hydroxylation is 1. The summed E-state index contributed by atoms with van der Waals surface area (Å²) in [6.45, 7) is 1.98. The van der Waals surface area contributed by atoms with E-state index < -0.39 is 0 Å². The highest BCUT2D eigenvalue weighted by molar-refractivity contribution is 9.10. The topological polar surface area (TPSA) is 41.6 Å². The number of H-pyrrole nitrogens is 1. The fourth-order valence-corrected chi connectivity index (χ4v) is 1.46. The molecule has 0 spiro atoms. The first-order valence-corrected chi connectivity index (χ1v) is 5.36. The van der Waals surface area contributed by atoms with Crippen LogP contribution in [0.5, 0.6) is 0 Å². The SMILES string of the molecule is CCc1nc(-c2ccc(Br)c(F)c2)n[nH]1. The number of halogens is 2. The van der Waals surface area contributed by atoms with Gasteiger partial charge in [0, 0.05) is 12.0 Å². The predicted molar refractivity (Wildman–Crippen MR) is 58.9 cm³/mol. The monoisotopic (exact) mass is 269 g/mol. The van der Waals surface area contributed by atoms with Crippen LogP contribution in [0.2, 0.25) is 0 Å². The summed E-state index contributed by atoms with van der Waals surface area (Å²) in [7, 11) is 0. The smallest absolute Gasteiger partial charge is 0.181 e. The fourth-order valence-electron chi connectivity index (χ4n) is 1.22. The van der Waals surface area contributed by atoms with Crippen molar-refractivity contribution in [3.05, 3.63) is 34.3 Å². The average Bonchev–Trinajstić information content (AvgIpc) is 2.70. The third-order valence-corrected chi connectivity index (χ3v) is 2.69. The van der Waals surface area contributed by atoms with Gasteiger partial charge < -0.3 is 0 Å². The van der Waals surface area contributed by atoms with Gasteiger partial charge in [0.2, 0.25) is 0 Å². The van der Waals surface area contributed by atoms with E-state index in [2.05, 4.69) is 31.1 Å². The van der Waals surface area contributed by atoms with Crippen molar-refractivity contribution in [1.82, 2.24) is 15.2 Å². The van der Waals surface area contributed by atoms with Gasteiger partial charge in [-0.3, -0.25) is 5.10 Å². The van der Waals surface area contributed by atoms with Gasteiger partial charge in [0.05, 0.1) is 4.47 Å². The molecule has 0 bridgehead atoms. The molecule has 2 rings (SSSR count). The molecule has 0 saturated heterocycles. The lowest BCUT2D eigenvalue weighted by atomic mass is 10.2. The van der Waals surface area contributed by atoms with E-state index in [1.54, 1.807) is 12.1 Å². The minimum atomic E-state index is -0.310. The van der Waals surface area contributed by atoms with E-state index in [9.17, 15) is 4.39 Å². The van der Waals surface area contributed by atoms with Crippen LogP contribution >= 0.6 is 15.9 Å². The molecule has 1 aromatic carbocycles. The summed E-state index contributed by atoms with van der Waals surface area (Å²) in [4.78, 5) is 4.22. The molecule has 5 heteroatoms. The highest BCUT2D eigenvalue weighted by Crippen LogP contribution is 2.21. The molecule has 0 atom stereocenters. The lowest BCUT2D eigenvalue weighted by Gasteiger charge is -1.97. The summed E-state index contributed by atoms with van der Waals surface area (Å²) < 4.78 is 13.7. The largest absolute Gasteiger partial charge is 0.263 e. The zero-order chi connectivity index (χ0) is 10.8. The third-order valence-electron chi connectivity index (χ3n) is 2.04. The average molecular weight is 270 g/mol. The summed E-state index contributed by atoms with van der Waals surface area (Å²) in [5.41, 5.74) is 0.673. The maximum absolute atomic E-state index is 13.2. The Morgan fingerprint density at radius 1 is 1.47 bits per heavy atom. The molecule has 3 nitrogen and oxygen atoms in total. The van der Waals surface area contributed by atoms with E-state index in [0.717, 1.165) is 12.2 Å². The van der Waals surface area contributed by atoms with Crippen molar-refractivity contribution in [1.29, 1.82) is 0 Å². The van der Waals surface area contributed by atoms with Gasteiger partial charge in [0.25, 0.3) is 0 Å². The molecule has 1 N–H and O–H groups in total. The first kappa shape index (κ1) is 10.3. The molecule has 0 fully saturated rings. The number of hydrogen-bond acceptors (Lipinski definition) is 2. The Hall–Kier alpha value is -1.23. The second kappa shape index (κ2) is 4.10. The van der Waals surface area contributed by atoms with Crippen LogP contribution < -0.4 is 0 Å². The van der Waals surface area contributed by atoms with Crippen molar-refractivity contribution < 1.29 is 4.39 Å². The fraction of sp³-hybridized carbons (Fsp3) is 0.200. The molecule has 0 unspecified atom stereocenters. The van der Waals surface area contributed by atoms with Gasteiger partial charge in [0.1, 0.15) is 11.6 Å². The second-order valence-electron chi connectivity index (χ2n) is 3.09. The van der Waals surface area contributed by atoms with E-state index in [-0.39, 0.29) is 5.82 Å². The van der Waals surface area contributed by atoms with E-state index >= 15 is 0 Å². The molecule has 1 heterocycles. The second-order valence-corrected chi connectivity index (χ2v) is 3.94. The lowest BCUT2D eigenvalue weighted by molar-refractivity contribution is 0.621. The Bertz CT molecular complexity index is 481. The maximum atomic E-state index is 13.2. The first-order valence-electron chi connectivity index (χ1n) is 4.57. The maximum Gasteiger partial charge on any atom is 0.181 e. The van der Waals surface area contributed by atoms with E-state index in [1.165, 1.54) is 6.07 Å². The molecular formula is C10H9BrFN3. The van der Waals surface area contributed by atoms with E-state index in [0.29, 0.717) is 15.9 Å². The van der Waals surface area contributed by atoms with Crippen LogP contribution in [0.15, 0.2) is 22.7 Å². The molecule has 0 aliphatic heterocycles. The van der Waals surface area contributed by atoms with Crippen LogP contribution in [0, 0.1) is 5.82 Å². The molecule has 0 aliphatic rings. The zero-order valence-electron chi connectivity index (χ0n) is 8.09. The number of rotatable bonds is 2. The highest BCUT2D eigenvalue weighted by atomic mass is 79.9. The Kier molecular flexibility index (Phi) is 2.81. The number of nitrogens with zero attached hydrogens (tertiary/aromatic N) is 2. The van der Waals surface area contributed by atoms with Crippen molar-refractivity contribution in [3.8, 4) is 11.4 Å². The van der Waals surface area contributed by atoms with Crippen LogP contribution in [-0.2, 0) is 6.42 Å². The molecule has 0 amide bonds. The van der Waals surface area contributed by atoms with Crippen LogP contribution in [0.3, 0.4) is 0 Å². The number of aromatic nitrogens is 3. The molecular weight excluding hydrogens is 261 g/mol. The Morgan fingerprint density at radius 2 is 2.27 bits per heavy atom. The normalized spacial score (nSPS) is 10.6. The van der Waals surface area contributed by atoms with Gasteiger partial charge in [0.15, 0.2) is 5.82 Å². The van der Waals surface area contributed by atoms with Gasteiger partial charge >= 0.3 is 0 Å². The zero-order valence-corrected chi connectivity index (χ0v) is 9.68. The molecule has 0 aliphatic carbocycles. The van der Waals surface area contributed by atoms with Gasteiger partial charge in [-0.2, -0.15) is 5.10 Å². The molecule has 1 aromatic heterocycles. The van der Waals surface area contributed by atoms with Gasteiger partial charge in [-0.05, 0) is 34.1 Å². The molecule has 0 radical (unpaired) electrons. The highest BCUT2D eigenvalue weighted by Gasteiger charge is 2.07. The first-order chi connectivity index (χ1) is 7.20. The number of benzene rings is 1. The van der Waals surface area contributed by atoms with Crippen molar-refractivity contribution >= 4 is 15.9 Å².